The maximum atomic E-state index is 11.4. The summed E-state index contributed by atoms with van der Waals surface area (Å²) < 4.78 is 5.23. The number of carbonyl (C=O) groups is 1. The maximum absolute atomic E-state index is 11.4. The maximum Gasteiger partial charge on any atom is 0.340 e. The average Bonchev–Trinajstić information content (AvgIpc) is 2.27. The van der Waals surface area contributed by atoms with E-state index in [9.17, 15) is 15.0 Å². The van der Waals surface area contributed by atoms with E-state index in [1.54, 1.807) is 12.1 Å². The van der Waals surface area contributed by atoms with Gasteiger partial charge in [-0.05, 0) is 42.5 Å². The minimum Gasteiger partial charge on any atom is -0.508 e. The van der Waals surface area contributed by atoms with E-state index in [4.69, 9.17) is 4.74 Å². The molecule has 0 fully saturated rings. The van der Waals surface area contributed by atoms with Crippen molar-refractivity contribution >= 4 is 5.97 Å². The van der Waals surface area contributed by atoms with Crippen molar-refractivity contribution in [2.75, 3.05) is 7.11 Å². The van der Waals surface area contributed by atoms with Gasteiger partial charge in [-0.2, -0.15) is 0 Å². The zero-order chi connectivity index (χ0) is 11.8. The molecule has 1 aromatic carbocycles. The lowest BCUT2D eigenvalue weighted by molar-refractivity contribution is -0.165. The normalized spacial score (nSPS) is 23.8. The first-order chi connectivity index (χ1) is 7.60. The van der Waals surface area contributed by atoms with Gasteiger partial charge in [0.05, 0.1) is 0 Å². The number of phenols is 1. The molecular weight excluding hydrogens is 208 g/mol. The first-order valence-corrected chi connectivity index (χ1v) is 5.21. The monoisotopic (exact) mass is 222 g/mol. The van der Waals surface area contributed by atoms with E-state index in [-0.39, 0.29) is 5.75 Å². The van der Waals surface area contributed by atoms with Crippen LogP contribution in [-0.4, -0.2) is 23.3 Å². The SMILES string of the molecule is COC1(C(=O)O)CCCc2cc(O)ccc21. The number of aryl methyl sites for hydroxylation is 1. The minimum atomic E-state index is -1.25. The lowest BCUT2D eigenvalue weighted by atomic mass is 9.79. The Bertz CT molecular complexity index is 427. The zero-order valence-electron chi connectivity index (χ0n) is 9.06. The highest BCUT2D eigenvalue weighted by Crippen LogP contribution is 2.39. The molecule has 4 nitrogen and oxygen atoms in total. The molecule has 1 aromatic rings. The van der Waals surface area contributed by atoms with E-state index < -0.39 is 11.6 Å². The molecule has 0 spiro atoms. The van der Waals surface area contributed by atoms with E-state index in [1.807, 2.05) is 0 Å². The number of hydrogen-bond acceptors (Lipinski definition) is 3. The molecule has 0 saturated heterocycles. The average molecular weight is 222 g/mol. The number of rotatable bonds is 2. The molecule has 4 heteroatoms. The van der Waals surface area contributed by atoms with Crippen LogP contribution in [-0.2, 0) is 21.6 Å². The van der Waals surface area contributed by atoms with Crippen molar-refractivity contribution in [1.29, 1.82) is 0 Å². The van der Waals surface area contributed by atoms with Crippen LogP contribution in [0.4, 0.5) is 0 Å². The first-order valence-electron chi connectivity index (χ1n) is 5.21. The summed E-state index contributed by atoms with van der Waals surface area (Å²) in [5.41, 5.74) is 0.267. The van der Waals surface area contributed by atoms with Crippen LogP contribution in [0.2, 0.25) is 0 Å². The van der Waals surface area contributed by atoms with Crippen LogP contribution >= 0.6 is 0 Å². The summed E-state index contributed by atoms with van der Waals surface area (Å²) in [4.78, 5) is 11.4. The topological polar surface area (TPSA) is 66.8 Å². The second kappa shape index (κ2) is 3.79. The Morgan fingerprint density at radius 2 is 2.25 bits per heavy atom. The molecule has 2 N–H and O–H groups in total. The van der Waals surface area contributed by atoms with Crippen LogP contribution in [0, 0.1) is 0 Å². The summed E-state index contributed by atoms with van der Waals surface area (Å²) in [6.45, 7) is 0. The highest BCUT2D eigenvalue weighted by molar-refractivity contribution is 5.80. The number of aliphatic carboxylic acids is 1. The van der Waals surface area contributed by atoms with E-state index in [1.165, 1.54) is 13.2 Å². The van der Waals surface area contributed by atoms with Crippen molar-refractivity contribution in [1.82, 2.24) is 0 Å². The van der Waals surface area contributed by atoms with Crippen molar-refractivity contribution in [3.05, 3.63) is 29.3 Å². The number of phenolic OH excluding ortho intramolecular Hbond substituents is 1. The molecule has 86 valence electrons. The largest absolute Gasteiger partial charge is 0.508 e. The van der Waals surface area contributed by atoms with Crippen LogP contribution in [0.3, 0.4) is 0 Å². The number of methoxy groups -OCH3 is 1. The minimum absolute atomic E-state index is 0.163. The quantitative estimate of drug-likeness (QED) is 0.798. The van der Waals surface area contributed by atoms with Crippen molar-refractivity contribution in [2.45, 2.75) is 24.9 Å². The highest BCUT2D eigenvalue weighted by atomic mass is 16.5. The predicted octanol–water partition coefficient (Wildman–Crippen LogP) is 1.65. The van der Waals surface area contributed by atoms with Gasteiger partial charge in [0, 0.05) is 7.11 Å². The number of hydrogen-bond donors (Lipinski definition) is 2. The molecule has 0 amide bonds. The van der Waals surface area contributed by atoms with E-state index >= 15 is 0 Å². The van der Waals surface area contributed by atoms with Crippen LogP contribution in [0.5, 0.6) is 5.75 Å². The predicted molar refractivity (Wildman–Crippen MR) is 57.4 cm³/mol. The molecule has 0 aliphatic heterocycles. The Hall–Kier alpha value is -1.55. The molecule has 1 atom stereocenters. The number of ether oxygens (including phenoxy) is 1. The highest BCUT2D eigenvalue weighted by Gasteiger charge is 2.43. The summed E-state index contributed by atoms with van der Waals surface area (Å²) in [6.07, 6.45) is 2.00. The third kappa shape index (κ3) is 1.46. The molecule has 1 aliphatic carbocycles. The number of fused-ring (bicyclic) bond motifs is 1. The first kappa shape index (κ1) is 11.0. The van der Waals surface area contributed by atoms with Gasteiger partial charge in [-0.15, -0.1) is 0 Å². The van der Waals surface area contributed by atoms with Crippen LogP contribution in [0.25, 0.3) is 0 Å². The van der Waals surface area contributed by atoms with E-state index in [2.05, 4.69) is 0 Å². The van der Waals surface area contributed by atoms with Crippen LogP contribution in [0.1, 0.15) is 24.0 Å². The number of benzene rings is 1. The van der Waals surface area contributed by atoms with Crippen LogP contribution < -0.4 is 0 Å². The third-order valence-corrected chi connectivity index (χ3v) is 3.19. The van der Waals surface area contributed by atoms with E-state index in [0.29, 0.717) is 12.0 Å². The van der Waals surface area contributed by atoms with Gasteiger partial charge in [-0.3, -0.25) is 0 Å². The summed E-state index contributed by atoms with van der Waals surface area (Å²) in [5, 5.41) is 18.7. The van der Waals surface area contributed by atoms with Gasteiger partial charge >= 0.3 is 5.97 Å². The van der Waals surface area contributed by atoms with Crippen molar-refractivity contribution in [2.24, 2.45) is 0 Å². The van der Waals surface area contributed by atoms with Gasteiger partial charge in [0.25, 0.3) is 0 Å². The Balaban J connectivity index is 2.58. The molecule has 2 rings (SSSR count). The van der Waals surface area contributed by atoms with Gasteiger partial charge in [-0.1, -0.05) is 6.07 Å². The molecule has 0 bridgehead atoms. The standard InChI is InChI=1S/C12H14O4/c1-16-12(11(14)15)6-2-3-8-7-9(13)4-5-10(8)12/h4-5,7,13H,2-3,6H2,1H3,(H,14,15). The fourth-order valence-electron chi connectivity index (χ4n) is 2.36. The van der Waals surface area contributed by atoms with Gasteiger partial charge < -0.3 is 14.9 Å². The third-order valence-electron chi connectivity index (χ3n) is 3.19. The van der Waals surface area contributed by atoms with Crippen molar-refractivity contribution < 1.29 is 19.7 Å². The Morgan fingerprint density at radius 1 is 1.50 bits per heavy atom. The van der Waals surface area contributed by atoms with Crippen LogP contribution in [0.15, 0.2) is 18.2 Å². The van der Waals surface area contributed by atoms with Crippen molar-refractivity contribution in [3.8, 4) is 5.75 Å². The second-order valence-corrected chi connectivity index (χ2v) is 4.03. The van der Waals surface area contributed by atoms with Crippen molar-refractivity contribution in [3.63, 3.8) is 0 Å². The summed E-state index contributed by atoms with van der Waals surface area (Å²) in [5.74, 6) is -0.808. The Morgan fingerprint density at radius 3 is 2.88 bits per heavy atom. The smallest absolute Gasteiger partial charge is 0.340 e. The Labute approximate surface area is 93.5 Å². The molecular formula is C12H14O4. The fraction of sp³-hybridized carbons (Fsp3) is 0.417. The van der Waals surface area contributed by atoms with Gasteiger partial charge in [-0.25, -0.2) is 4.79 Å². The lowest BCUT2D eigenvalue weighted by Gasteiger charge is -2.34. The summed E-state index contributed by atoms with van der Waals surface area (Å²) >= 11 is 0. The number of carboxylic acids is 1. The lowest BCUT2D eigenvalue weighted by Crippen LogP contribution is -2.40. The number of carboxylic acid groups (broad SMARTS) is 1. The molecule has 0 heterocycles. The Kier molecular flexibility index (Phi) is 2.59. The zero-order valence-corrected chi connectivity index (χ0v) is 9.06. The molecule has 1 unspecified atom stereocenters. The number of aromatic hydroxyl groups is 1. The fourth-order valence-corrected chi connectivity index (χ4v) is 2.36. The molecule has 16 heavy (non-hydrogen) atoms. The summed E-state index contributed by atoms with van der Waals surface area (Å²) in [6, 6.07) is 4.76. The molecule has 1 aliphatic rings. The molecule has 0 radical (unpaired) electrons. The van der Waals surface area contributed by atoms with Gasteiger partial charge in [0.1, 0.15) is 5.75 Å². The summed E-state index contributed by atoms with van der Waals surface area (Å²) in [7, 11) is 1.41. The van der Waals surface area contributed by atoms with Gasteiger partial charge in [0.15, 0.2) is 5.60 Å². The molecule has 0 saturated carbocycles. The molecule has 0 aromatic heterocycles. The van der Waals surface area contributed by atoms with E-state index in [0.717, 1.165) is 18.4 Å². The van der Waals surface area contributed by atoms with Gasteiger partial charge in [0.2, 0.25) is 0 Å². The second-order valence-electron chi connectivity index (χ2n) is 4.03.